The van der Waals surface area contributed by atoms with Gasteiger partial charge in [0.1, 0.15) is 5.82 Å². The molecule has 150 valence electrons. The molecular weight excluding hydrogens is 400 g/mol. The number of aromatic amines is 1. The second-order valence-electron chi connectivity index (χ2n) is 7.16. The lowest BCUT2D eigenvalue weighted by atomic mass is 9.92. The topological polar surface area (TPSA) is 83.0 Å². The Bertz CT molecular complexity index is 1200. The maximum absolute atomic E-state index is 12.7. The number of carboxylic acids is 1. The number of H-pyrrole nitrogens is 1. The van der Waals surface area contributed by atoms with Crippen molar-refractivity contribution in [1.29, 1.82) is 0 Å². The Morgan fingerprint density at radius 3 is 2.40 bits per heavy atom. The van der Waals surface area contributed by atoms with Crippen molar-refractivity contribution in [3.63, 3.8) is 0 Å². The number of carboxylic acid groups (broad SMARTS) is 1. The highest BCUT2D eigenvalue weighted by molar-refractivity contribution is 6.30. The predicted molar refractivity (Wildman–Crippen MR) is 116 cm³/mol. The molecule has 0 saturated carbocycles. The van der Waals surface area contributed by atoms with Gasteiger partial charge in [-0.1, -0.05) is 54.1 Å². The number of imidazole rings is 1. The summed E-state index contributed by atoms with van der Waals surface area (Å²) < 4.78 is 0. The summed E-state index contributed by atoms with van der Waals surface area (Å²) in [4.78, 5) is 31.9. The first-order valence-electron chi connectivity index (χ1n) is 9.55. The quantitative estimate of drug-likeness (QED) is 0.401. The number of hydrogen-bond acceptors (Lipinski definition) is 3. The van der Waals surface area contributed by atoms with E-state index in [2.05, 4.69) is 9.97 Å². The van der Waals surface area contributed by atoms with Crippen LogP contribution in [0.15, 0.2) is 72.8 Å². The summed E-state index contributed by atoms with van der Waals surface area (Å²) in [5.41, 5.74) is 3.57. The van der Waals surface area contributed by atoms with Crippen molar-refractivity contribution in [3.05, 3.63) is 100 Å². The van der Waals surface area contributed by atoms with Crippen LogP contribution in [0.1, 0.15) is 39.6 Å². The molecule has 4 aromatic rings. The third-order valence-corrected chi connectivity index (χ3v) is 5.28. The van der Waals surface area contributed by atoms with E-state index < -0.39 is 5.97 Å². The normalized spacial score (nSPS) is 12.0. The number of carbonyl (C=O) groups excluding carboxylic acids is 1. The molecule has 6 heteroatoms. The molecular formula is C24H19ClN2O3. The Hall–Kier alpha value is -3.44. The zero-order valence-electron chi connectivity index (χ0n) is 16.0. The molecule has 1 aromatic heterocycles. The average Bonchev–Trinajstić information content (AvgIpc) is 3.15. The molecule has 0 aliphatic rings. The highest BCUT2D eigenvalue weighted by Crippen LogP contribution is 2.26. The van der Waals surface area contributed by atoms with Crippen molar-refractivity contribution in [2.45, 2.75) is 18.8 Å². The van der Waals surface area contributed by atoms with Crippen LogP contribution in [0.4, 0.5) is 0 Å². The van der Waals surface area contributed by atoms with E-state index in [1.165, 1.54) is 0 Å². The van der Waals surface area contributed by atoms with Crippen LogP contribution in [0.5, 0.6) is 0 Å². The average molecular weight is 419 g/mol. The fraction of sp³-hybridized carbons (Fsp3) is 0.125. The maximum atomic E-state index is 12.7. The van der Waals surface area contributed by atoms with Crippen LogP contribution < -0.4 is 0 Å². The Balaban J connectivity index is 1.61. The van der Waals surface area contributed by atoms with E-state index in [0.29, 0.717) is 28.4 Å². The fourth-order valence-corrected chi connectivity index (χ4v) is 3.67. The first kappa shape index (κ1) is 19.9. The Labute approximate surface area is 178 Å². The predicted octanol–water partition coefficient (Wildman–Crippen LogP) is 5.25. The first-order valence-corrected chi connectivity index (χ1v) is 9.93. The van der Waals surface area contributed by atoms with Gasteiger partial charge < -0.3 is 10.1 Å². The zero-order chi connectivity index (χ0) is 21.1. The molecule has 1 heterocycles. The highest BCUT2D eigenvalue weighted by Gasteiger charge is 2.19. The summed E-state index contributed by atoms with van der Waals surface area (Å²) in [6.07, 6.45) is 0.418. The van der Waals surface area contributed by atoms with Gasteiger partial charge in [-0.15, -0.1) is 0 Å². The van der Waals surface area contributed by atoms with Gasteiger partial charge in [0.15, 0.2) is 5.78 Å². The van der Waals surface area contributed by atoms with Crippen molar-refractivity contribution in [1.82, 2.24) is 9.97 Å². The number of nitrogens with one attached hydrogen (secondary N) is 1. The molecule has 1 unspecified atom stereocenters. The standard InChI is InChI=1S/C24H19ClN2O3/c25-19-9-6-15(7-10-19)18(14-23(28)29)13-22-26-20-11-8-17(12-21(20)27-22)24(30)16-4-2-1-3-5-16/h1-12,18H,13-14H2,(H,26,27)(H,28,29). The van der Waals surface area contributed by atoms with Gasteiger partial charge in [-0.3, -0.25) is 9.59 Å². The Kier molecular flexibility index (Phi) is 5.63. The SMILES string of the molecule is O=C(O)CC(Cc1nc2ccc(C(=O)c3ccccc3)cc2[nH]1)c1ccc(Cl)cc1. The van der Waals surface area contributed by atoms with Crippen LogP contribution in [-0.2, 0) is 11.2 Å². The smallest absolute Gasteiger partial charge is 0.303 e. The van der Waals surface area contributed by atoms with Crippen LogP contribution in [-0.4, -0.2) is 26.8 Å². The van der Waals surface area contributed by atoms with Gasteiger partial charge in [0.25, 0.3) is 0 Å². The van der Waals surface area contributed by atoms with E-state index in [9.17, 15) is 14.7 Å². The third-order valence-electron chi connectivity index (χ3n) is 5.03. The lowest BCUT2D eigenvalue weighted by molar-refractivity contribution is -0.137. The number of ketones is 1. The molecule has 0 amide bonds. The fourth-order valence-electron chi connectivity index (χ4n) is 3.54. The Morgan fingerprint density at radius 2 is 1.70 bits per heavy atom. The van der Waals surface area contributed by atoms with Crippen LogP contribution in [0.3, 0.4) is 0 Å². The van der Waals surface area contributed by atoms with Crippen molar-refractivity contribution in [2.24, 2.45) is 0 Å². The number of fused-ring (bicyclic) bond motifs is 1. The molecule has 5 nitrogen and oxygen atoms in total. The summed E-state index contributed by atoms with van der Waals surface area (Å²) in [6, 6.07) is 21.7. The monoisotopic (exact) mass is 418 g/mol. The second-order valence-corrected chi connectivity index (χ2v) is 7.60. The number of rotatable bonds is 7. The van der Waals surface area contributed by atoms with E-state index in [1.54, 1.807) is 42.5 Å². The molecule has 0 aliphatic heterocycles. The lowest BCUT2D eigenvalue weighted by Crippen LogP contribution is -2.10. The lowest BCUT2D eigenvalue weighted by Gasteiger charge is -2.14. The van der Waals surface area contributed by atoms with E-state index >= 15 is 0 Å². The minimum Gasteiger partial charge on any atom is -0.481 e. The number of aliphatic carboxylic acids is 1. The molecule has 0 fully saturated rings. The molecule has 0 spiro atoms. The molecule has 0 bridgehead atoms. The Morgan fingerprint density at radius 1 is 0.967 bits per heavy atom. The van der Waals surface area contributed by atoms with Gasteiger partial charge in [-0.05, 0) is 35.9 Å². The van der Waals surface area contributed by atoms with E-state index in [1.807, 2.05) is 30.3 Å². The van der Waals surface area contributed by atoms with Crippen molar-refractivity contribution < 1.29 is 14.7 Å². The van der Waals surface area contributed by atoms with Gasteiger partial charge in [-0.25, -0.2) is 4.98 Å². The zero-order valence-corrected chi connectivity index (χ0v) is 16.8. The summed E-state index contributed by atoms with van der Waals surface area (Å²) in [5, 5.41) is 9.93. The highest BCUT2D eigenvalue weighted by atomic mass is 35.5. The molecule has 0 aliphatic carbocycles. The van der Waals surface area contributed by atoms with E-state index in [-0.39, 0.29) is 18.1 Å². The first-order chi connectivity index (χ1) is 14.5. The van der Waals surface area contributed by atoms with Crippen LogP contribution >= 0.6 is 11.6 Å². The minimum atomic E-state index is -0.873. The molecule has 3 aromatic carbocycles. The van der Waals surface area contributed by atoms with Crippen LogP contribution in [0.25, 0.3) is 11.0 Å². The molecule has 0 radical (unpaired) electrons. The summed E-state index contributed by atoms with van der Waals surface area (Å²) >= 11 is 5.96. The minimum absolute atomic E-state index is 0.0174. The van der Waals surface area contributed by atoms with Crippen LogP contribution in [0, 0.1) is 0 Å². The number of hydrogen-bond donors (Lipinski definition) is 2. The van der Waals surface area contributed by atoms with Gasteiger partial charge >= 0.3 is 5.97 Å². The van der Waals surface area contributed by atoms with Gasteiger partial charge in [-0.2, -0.15) is 0 Å². The van der Waals surface area contributed by atoms with Crippen molar-refractivity contribution in [3.8, 4) is 0 Å². The molecule has 0 saturated heterocycles. The maximum Gasteiger partial charge on any atom is 0.303 e. The summed E-state index contributed by atoms with van der Waals surface area (Å²) in [5.74, 6) is -0.498. The van der Waals surface area contributed by atoms with E-state index in [0.717, 1.165) is 16.6 Å². The number of nitrogens with zero attached hydrogens (tertiary/aromatic N) is 1. The van der Waals surface area contributed by atoms with E-state index in [4.69, 9.17) is 11.6 Å². The van der Waals surface area contributed by atoms with Gasteiger partial charge in [0.05, 0.1) is 17.5 Å². The third kappa shape index (κ3) is 4.42. The van der Waals surface area contributed by atoms with Crippen LogP contribution in [0.2, 0.25) is 5.02 Å². The number of halogens is 1. The van der Waals surface area contributed by atoms with Crippen molar-refractivity contribution >= 4 is 34.4 Å². The number of benzene rings is 3. The summed E-state index contributed by atoms with van der Waals surface area (Å²) in [6.45, 7) is 0. The number of aromatic nitrogens is 2. The second kappa shape index (κ2) is 8.51. The largest absolute Gasteiger partial charge is 0.481 e. The number of carbonyl (C=O) groups is 2. The molecule has 30 heavy (non-hydrogen) atoms. The van der Waals surface area contributed by atoms with Gasteiger partial charge in [0.2, 0.25) is 0 Å². The molecule has 1 atom stereocenters. The van der Waals surface area contributed by atoms with Crippen molar-refractivity contribution in [2.75, 3.05) is 0 Å². The van der Waals surface area contributed by atoms with Gasteiger partial charge in [0, 0.05) is 28.5 Å². The summed E-state index contributed by atoms with van der Waals surface area (Å²) in [7, 11) is 0. The molecule has 2 N–H and O–H groups in total. The molecule has 4 rings (SSSR count).